The zero-order valence-electron chi connectivity index (χ0n) is 13.4. The van der Waals surface area contributed by atoms with Crippen molar-refractivity contribution >= 4 is 11.8 Å². The summed E-state index contributed by atoms with van der Waals surface area (Å²) in [6, 6.07) is 3.93. The Labute approximate surface area is 126 Å². The van der Waals surface area contributed by atoms with Crippen LogP contribution < -0.4 is 10.6 Å². The van der Waals surface area contributed by atoms with E-state index in [0.717, 1.165) is 11.1 Å². The van der Waals surface area contributed by atoms with E-state index in [1.54, 1.807) is 0 Å². The molecule has 116 valence electrons. The number of aryl methyl sites for hydroxylation is 3. The predicted octanol–water partition coefficient (Wildman–Crippen LogP) is 1.55. The number of nitrogens with one attached hydrogen (secondary N) is 2. The van der Waals surface area contributed by atoms with Gasteiger partial charge in [0.05, 0.1) is 12.6 Å². The maximum Gasteiger partial charge on any atom is 0.309 e. The highest BCUT2D eigenvalue weighted by molar-refractivity contribution is 6.35. The van der Waals surface area contributed by atoms with Crippen molar-refractivity contribution in [2.75, 3.05) is 20.3 Å². The first-order valence-electron chi connectivity index (χ1n) is 7.02. The van der Waals surface area contributed by atoms with Crippen LogP contribution in [-0.4, -0.2) is 32.1 Å². The third-order valence-corrected chi connectivity index (χ3v) is 3.49. The smallest absolute Gasteiger partial charge is 0.309 e. The summed E-state index contributed by atoms with van der Waals surface area (Å²) in [6.07, 6.45) is 0. The summed E-state index contributed by atoms with van der Waals surface area (Å²) in [5.74, 6) is -1.27. The molecule has 2 N–H and O–H groups in total. The fraction of sp³-hybridized carbons (Fsp3) is 0.500. The van der Waals surface area contributed by atoms with Gasteiger partial charge in [-0.2, -0.15) is 0 Å². The van der Waals surface area contributed by atoms with E-state index in [1.807, 2.05) is 20.8 Å². The summed E-state index contributed by atoms with van der Waals surface area (Å²) in [7, 11) is 1.54. The summed E-state index contributed by atoms with van der Waals surface area (Å²) in [5, 5.41) is 5.22. The van der Waals surface area contributed by atoms with E-state index in [9.17, 15) is 9.59 Å². The summed E-state index contributed by atoms with van der Waals surface area (Å²) < 4.78 is 4.82. The molecular formula is C16H24N2O3. The van der Waals surface area contributed by atoms with Crippen molar-refractivity contribution in [3.8, 4) is 0 Å². The number of carbonyl (C=O) groups excluding carboxylic acids is 2. The van der Waals surface area contributed by atoms with Crippen LogP contribution in [0.1, 0.15) is 35.2 Å². The Hall–Kier alpha value is -1.88. The van der Waals surface area contributed by atoms with Crippen molar-refractivity contribution in [1.29, 1.82) is 0 Å². The molecule has 0 saturated heterocycles. The van der Waals surface area contributed by atoms with Crippen molar-refractivity contribution in [3.63, 3.8) is 0 Å². The van der Waals surface area contributed by atoms with Crippen LogP contribution in [0.15, 0.2) is 12.1 Å². The molecule has 21 heavy (non-hydrogen) atoms. The first kappa shape index (κ1) is 17.2. The maximum atomic E-state index is 11.8. The van der Waals surface area contributed by atoms with E-state index in [0.29, 0.717) is 13.2 Å². The van der Waals surface area contributed by atoms with E-state index < -0.39 is 11.8 Å². The van der Waals surface area contributed by atoms with Crippen LogP contribution in [0.25, 0.3) is 0 Å². The topological polar surface area (TPSA) is 67.4 Å². The Morgan fingerprint density at radius 2 is 1.71 bits per heavy atom. The van der Waals surface area contributed by atoms with Crippen LogP contribution in [0, 0.1) is 20.8 Å². The summed E-state index contributed by atoms with van der Waals surface area (Å²) >= 11 is 0. The Bertz CT molecular complexity index is 526. The number of benzene rings is 1. The first-order valence-corrected chi connectivity index (χ1v) is 7.02. The van der Waals surface area contributed by atoms with Crippen LogP contribution in [0.5, 0.6) is 0 Å². The molecule has 0 saturated carbocycles. The Morgan fingerprint density at radius 3 is 2.33 bits per heavy atom. The third kappa shape index (κ3) is 4.86. The molecule has 0 bridgehead atoms. The minimum atomic E-state index is -0.639. The quantitative estimate of drug-likeness (QED) is 0.639. The third-order valence-electron chi connectivity index (χ3n) is 3.49. The Balaban J connectivity index is 2.68. The number of hydrogen-bond acceptors (Lipinski definition) is 3. The molecule has 1 rings (SSSR count). The second kappa shape index (κ2) is 7.78. The van der Waals surface area contributed by atoms with Gasteiger partial charge in [-0.25, -0.2) is 0 Å². The number of hydrogen-bond donors (Lipinski definition) is 2. The normalized spacial score (nSPS) is 11.9. The van der Waals surface area contributed by atoms with E-state index in [-0.39, 0.29) is 6.04 Å². The maximum absolute atomic E-state index is 11.8. The number of rotatable bonds is 5. The summed E-state index contributed by atoms with van der Waals surface area (Å²) in [4.78, 5) is 23.4. The van der Waals surface area contributed by atoms with Crippen molar-refractivity contribution < 1.29 is 14.3 Å². The Morgan fingerprint density at radius 1 is 1.10 bits per heavy atom. The fourth-order valence-corrected chi connectivity index (χ4v) is 2.14. The van der Waals surface area contributed by atoms with Gasteiger partial charge in [-0.3, -0.25) is 9.59 Å². The molecule has 0 radical (unpaired) electrons. The fourth-order valence-electron chi connectivity index (χ4n) is 2.14. The lowest BCUT2D eigenvalue weighted by Gasteiger charge is -2.18. The second-order valence-corrected chi connectivity index (χ2v) is 5.24. The highest BCUT2D eigenvalue weighted by Gasteiger charge is 2.18. The predicted molar refractivity (Wildman–Crippen MR) is 82.1 cm³/mol. The number of amides is 2. The summed E-state index contributed by atoms with van der Waals surface area (Å²) in [6.45, 7) is 8.66. The largest absolute Gasteiger partial charge is 0.383 e. The highest BCUT2D eigenvalue weighted by atomic mass is 16.5. The second-order valence-electron chi connectivity index (χ2n) is 5.24. The SMILES string of the molecule is COCCNC(=O)C(=O)NC(C)c1cc(C)c(C)cc1C. The molecule has 2 amide bonds. The van der Waals surface area contributed by atoms with E-state index in [1.165, 1.54) is 18.2 Å². The van der Waals surface area contributed by atoms with Crippen molar-refractivity contribution in [1.82, 2.24) is 10.6 Å². The number of ether oxygens (including phenoxy) is 1. The van der Waals surface area contributed by atoms with E-state index in [4.69, 9.17) is 4.74 Å². The molecule has 5 nitrogen and oxygen atoms in total. The molecule has 0 fully saturated rings. The number of carbonyl (C=O) groups is 2. The molecule has 0 spiro atoms. The van der Waals surface area contributed by atoms with Gasteiger partial charge < -0.3 is 15.4 Å². The van der Waals surface area contributed by atoms with Crippen molar-refractivity contribution in [2.45, 2.75) is 33.7 Å². The minimum Gasteiger partial charge on any atom is -0.383 e. The highest BCUT2D eigenvalue weighted by Crippen LogP contribution is 2.21. The molecule has 0 aliphatic heterocycles. The molecule has 1 aromatic carbocycles. The van der Waals surface area contributed by atoms with Gasteiger partial charge in [-0.05, 0) is 49.9 Å². The molecule has 5 heteroatoms. The van der Waals surface area contributed by atoms with Gasteiger partial charge in [0.15, 0.2) is 0 Å². The molecule has 1 unspecified atom stereocenters. The Kier molecular flexibility index (Phi) is 6.37. The lowest BCUT2D eigenvalue weighted by atomic mass is 9.96. The van der Waals surface area contributed by atoms with E-state index in [2.05, 4.69) is 29.7 Å². The molecule has 0 aliphatic rings. The van der Waals surface area contributed by atoms with Crippen LogP contribution >= 0.6 is 0 Å². The standard InChI is InChI=1S/C16H24N2O3/c1-10-8-12(3)14(9-11(10)2)13(4)18-16(20)15(19)17-6-7-21-5/h8-9,13H,6-7H2,1-5H3,(H,17,19)(H,18,20). The molecule has 1 aromatic rings. The molecule has 1 atom stereocenters. The average molecular weight is 292 g/mol. The molecular weight excluding hydrogens is 268 g/mol. The van der Waals surface area contributed by atoms with Crippen LogP contribution in [-0.2, 0) is 14.3 Å². The van der Waals surface area contributed by atoms with Crippen molar-refractivity contribution in [3.05, 3.63) is 34.4 Å². The van der Waals surface area contributed by atoms with Gasteiger partial charge in [0, 0.05) is 13.7 Å². The average Bonchev–Trinajstić information content (AvgIpc) is 2.42. The van der Waals surface area contributed by atoms with Gasteiger partial charge in [0.2, 0.25) is 0 Å². The van der Waals surface area contributed by atoms with Crippen LogP contribution in [0.3, 0.4) is 0 Å². The molecule has 0 aromatic heterocycles. The zero-order valence-corrected chi connectivity index (χ0v) is 13.4. The lowest BCUT2D eigenvalue weighted by Crippen LogP contribution is -2.42. The first-order chi connectivity index (χ1) is 9.86. The summed E-state index contributed by atoms with van der Waals surface area (Å²) in [5.41, 5.74) is 4.51. The van der Waals surface area contributed by atoms with Gasteiger partial charge in [-0.15, -0.1) is 0 Å². The molecule has 0 aliphatic carbocycles. The van der Waals surface area contributed by atoms with Gasteiger partial charge in [-0.1, -0.05) is 12.1 Å². The van der Waals surface area contributed by atoms with Crippen LogP contribution in [0.4, 0.5) is 0 Å². The van der Waals surface area contributed by atoms with E-state index >= 15 is 0 Å². The lowest BCUT2D eigenvalue weighted by molar-refractivity contribution is -0.139. The van der Waals surface area contributed by atoms with Crippen LogP contribution in [0.2, 0.25) is 0 Å². The van der Waals surface area contributed by atoms with Gasteiger partial charge in [0.25, 0.3) is 0 Å². The van der Waals surface area contributed by atoms with Gasteiger partial charge in [0.1, 0.15) is 0 Å². The monoisotopic (exact) mass is 292 g/mol. The minimum absolute atomic E-state index is 0.218. The van der Waals surface area contributed by atoms with Crippen molar-refractivity contribution in [2.24, 2.45) is 0 Å². The number of methoxy groups -OCH3 is 1. The van der Waals surface area contributed by atoms with Gasteiger partial charge >= 0.3 is 11.8 Å². The zero-order chi connectivity index (χ0) is 16.0. The molecule has 0 heterocycles.